The Morgan fingerprint density at radius 2 is 1.52 bits per heavy atom. The lowest BCUT2D eigenvalue weighted by atomic mass is 9.86. The van der Waals surface area contributed by atoms with Crippen LogP contribution in [0.4, 0.5) is 10.1 Å². The predicted octanol–water partition coefficient (Wildman–Crippen LogP) is 4.01. The van der Waals surface area contributed by atoms with Crippen molar-refractivity contribution in [1.82, 2.24) is 0 Å². The van der Waals surface area contributed by atoms with Gasteiger partial charge in [-0.2, -0.15) is 0 Å². The van der Waals surface area contributed by atoms with E-state index in [1.807, 2.05) is 0 Å². The van der Waals surface area contributed by atoms with Crippen LogP contribution in [-0.2, 0) is 19.9 Å². The summed E-state index contributed by atoms with van der Waals surface area (Å²) in [6.07, 6.45) is 0. The van der Waals surface area contributed by atoms with Gasteiger partial charge in [0.05, 0.1) is 5.69 Å². The third kappa shape index (κ3) is 4.70. The van der Waals surface area contributed by atoms with Crippen molar-refractivity contribution in [2.24, 2.45) is 0 Å². The standard InChI is InChI=1S/C22H17BrFNO4/c23-17-11-12-19(18(24)13-17)25-20(26)14-29-21(27)22(28,15-7-3-1-4-8-15)16-9-5-2-6-10-16/h1-13,28H,14H2,(H,25,26). The van der Waals surface area contributed by atoms with E-state index in [1.54, 1.807) is 66.7 Å². The molecule has 0 bridgehead atoms. The minimum Gasteiger partial charge on any atom is -0.453 e. The van der Waals surface area contributed by atoms with E-state index < -0.39 is 29.9 Å². The number of carbonyl (C=O) groups is 2. The molecule has 0 fully saturated rings. The fourth-order valence-electron chi connectivity index (χ4n) is 2.77. The maximum absolute atomic E-state index is 13.8. The molecule has 0 aromatic heterocycles. The van der Waals surface area contributed by atoms with Crippen molar-refractivity contribution in [2.45, 2.75) is 5.60 Å². The molecule has 148 valence electrons. The molecule has 5 nitrogen and oxygen atoms in total. The molecular formula is C22H17BrFNO4. The van der Waals surface area contributed by atoms with Crippen LogP contribution in [0.3, 0.4) is 0 Å². The fraction of sp³-hybridized carbons (Fsp3) is 0.0909. The van der Waals surface area contributed by atoms with Crippen LogP contribution in [0.25, 0.3) is 0 Å². The van der Waals surface area contributed by atoms with Crippen molar-refractivity contribution in [3.05, 3.63) is 100 Å². The molecule has 0 radical (unpaired) electrons. The lowest BCUT2D eigenvalue weighted by molar-refractivity contribution is -0.163. The molecule has 0 unspecified atom stereocenters. The van der Waals surface area contributed by atoms with Gasteiger partial charge in [-0.25, -0.2) is 9.18 Å². The number of halogens is 2. The number of anilines is 1. The highest BCUT2D eigenvalue weighted by Gasteiger charge is 2.41. The molecule has 7 heteroatoms. The third-order valence-corrected chi connectivity index (χ3v) is 4.71. The second kappa shape index (κ2) is 8.98. The van der Waals surface area contributed by atoms with Gasteiger partial charge in [-0.05, 0) is 29.3 Å². The third-order valence-electron chi connectivity index (χ3n) is 4.22. The van der Waals surface area contributed by atoms with Crippen molar-refractivity contribution in [1.29, 1.82) is 0 Å². The van der Waals surface area contributed by atoms with Gasteiger partial charge in [-0.15, -0.1) is 0 Å². The van der Waals surface area contributed by atoms with E-state index in [1.165, 1.54) is 12.1 Å². The first kappa shape index (κ1) is 20.7. The van der Waals surface area contributed by atoms with Gasteiger partial charge >= 0.3 is 5.97 Å². The summed E-state index contributed by atoms with van der Waals surface area (Å²) in [5.41, 5.74) is -1.53. The largest absolute Gasteiger partial charge is 0.453 e. The van der Waals surface area contributed by atoms with Gasteiger partial charge in [-0.1, -0.05) is 76.6 Å². The van der Waals surface area contributed by atoms with Gasteiger partial charge in [0.2, 0.25) is 5.60 Å². The second-order valence-corrected chi connectivity index (χ2v) is 7.11. The summed E-state index contributed by atoms with van der Waals surface area (Å²) in [5, 5.41) is 13.6. The average molecular weight is 458 g/mol. The first-order chi connectivity index (χ1) is 13.9. The Hall–Kier alpha value is -3.03. The second-order valence-electron chi connectivity index (χ2n) is 6.19. The van der Waals surface area contributed by atoms with Crippen LogP contribution < -0.4 is 5.32 Å². The van der Waals surface area contributed by atoms with Crippen molar-refractivity contribution >= 4 is 33.5 Å². The molecular weight excluding hydrogens is 441 g/mol. The van der Waals surface area contributed by atoms with E-state index >= 15 is 0 Å². The van der Waals surface area contributed by atoms with E-state index in [0.717, 1.165) is 0 Å². The topological polar surface area (TPSA) is 75.6 Å². The molecule has 2 N–H and O–H groups in total. The Morgan fingerprint density at radius 1 is 0.966 bits per heavy atom. The summed E-state index contributed by atoms with van der Waals surface area (Å²) in [6.45, 7) is -0.684. The summed E-state index contributed by atoms with van der Waals surface area (Å²) >= 11 is 3.13. The molecule has 0 atom stereocenters. The van der Waals surface area contributed by atoms with Gasteiger partial charge in [0.25, 0.3) is 5.91 Å². The highest BCUT2D eigenvalue weighted by atomic mass is 79.9. The lowest BCUT2D eigenvalue weighted by Gasteiger charge is -2.27. The minimum atomic E-state index is -2.09. The first-order valence-corrected chi connectivity index (χ1v) is 9.46. The Bertz CT molecular complexity index is 972. The highest BCUT2D eigenvalue weighted by Crippen LogP contribution is 2.31. The van der Waals surface area contributed by atoms with Crippen LogP contribution in [0, 0.1) is 5.82 Å². The number of esters is 1. The minimum absolute atomic E-state index is 0.0457. The van der Waals surface area contributed by atoms with E-state index in [-0.39, 0.29) is 5.69 Å². The van der Waals surface area contributed by atoms with E-state index in [4.69, 9.17) is 4.74 Å². The SMILES string of the molecule is O=C(COC(=O)C(O)(c1ccccc1)c1ccccc1)Nc1ccc(Br)cc1F. The Kier molecular flexibility index (Phi) is 6.41. The molecule has 0 saturated heterocycles. The molecule has 3 aromatic carbocycles. The zero-order valence-electron chi connectivity index (χ0n) is 15.1. The van der Waals surface area contributed by atoms with Crippen LogP contribution in [0.5, 0.6) is 0 Å². The summed E-state index contributed by atoms with van der Waals surface area (Å²) < 4.78 is 19.5. The Morgan fingerprint density at radius 3 is 2.03 bits per heavy atom. The smallest absolute Gasteiger partial charge is 0.348 e. The number of nitrogens with one attached hydrogen (secondary N) is 1. The number of rotatable bonds is 6. The summed E-state index contributed by atoms with van der Waals surface area (Å²) in [5.74, 6) is -2.38. The van der Waals surface area contributed by atoms with E-state index in [0.29, 0.717) is 15.6 Å². The van der Waals surface area contributed by atoms with Crippen LogP contribution in [0.2, 0.25) is 0 Å². The van der Waals surface area contributed by atoms with Gasteiger partial charge in [0, 0.05) is 4.47 Å². The first-order valence-electron chi connectivity index (χ1n) is 8.67. The van der Waals surface area contributed by atoms with E-state index in [9.17, 15) is 19.1 Å². The number of aliphatic hydroxyl groups is 1. The Labute approximate surface area is 175 Å². The molecule has 29 heavy (non-hydrogen) atoms. The van der Waals surface area contributed by atoms with Crippen molar-refractivity contribution in [3.63, 3.8) is 0 Å². The molecule has 1 amide bonds. The average Bonchev–Trinajstić information content (AvgIpc) is 2.74. The molecule has 0 spiro atoms. The zero-order chi connectivity index (χ0) is 20.9. The maximum atomic E-state index is 13.8. The van der Waals surface area contributed by atoms with Gasteiger partial charge in [-0.3, -0.25) is 4.79 Å². The van der Waals surface area contributed by atoms with E-state index in [2.05, 4.69) is 21.2 Å². The molecule has 0 aliphatic rings. The predicted molar refractivity (Wildman–Crippen MR) is 110 cm³/mol. The number of hydrogen-bond acceptors (Lipinski definition) is 4. The number of amides is 1. The van der Waals surface area contributed by atoms with Crippen LogP contribution in [0.15, 0.2) is 83.3 Å². The molecule has 3 rings (SSSR count). The fourth-order valence-corrected chi connectivity index (χ4v) is 3.11. The normalized spacial score (nSPS) is 11.0. The van der Waals surface area contributed by atoms with Crippen LogP contribution >= 0.6 is 15.9 Å². The van der Waals surface area contributed by atoms with Crippen molar-refractivity contribution < 1.29 is 23.8 Å². The molecule has 3 aromatic rings. The lowest BCUT2D eigenvalue weighted by Crippen LogP contribution is -2.39. The quantitative estimate of drug-likeness (QED) is 0.548. The molecule has 0 aliphatic heterocycles. The number of ether oxygens (including phenoxy) is 1. The maximum Gasteiger partial charge on any atom is 0.348 e. The number of hydrogen-bond donors (Lipinski definition) is 2. The van der Waals surface area contributed by atoms with Gasteiger partial charge in [0.15, 0.2) is 6.61 Å². The van der Waals surface area contributed by atoms with Crippen molar-refractivity contribution in [2.75, 3.05) is 11.9 Å². The zero-order valence-corrected chi connectivity index (χ0v) is 16.7. The van der Waals surface area contributed by atoms with Gasteiger partial charge < -0.3 is 15.2 Å². The molecule has 0 aliphatic carbocycles. The summed E-state index contributed by atoms with van der Waals surface area (Å²) in [7, 11) is 0. The van der Waals surface area contributed by atoms with Crippen LogP contribution in [-0.4, -0.2) is 23.6 Å². The highest BCUT2D eigenvalue weighted by molar-refractivity contribution is 9.10. The number of benzene rings is 3. The van der Waals surface area contributed by atoms with Crippen molar-refractivity contribution in [3.8, 4) is 0 Å². The Balaban J connectivity index is 1.76. The van der Waals surface area contributed by atoms with Gasteiger partial charge in [0.1, 0.15) is 5.82 Å². The molecule has 0 saturated carbocycles. The summed E-state index contributed by atoms with van der Waals surface area (Å²) in [4.78, 5) is 24.9. The monoisotopic (exact) mass is 457 g/mol. The van der Waals surface area contributed by atoms with Crippen LogP contribution in [0.1, 0.15) is 11.1 Å². The number of carbonyl (C=O) groups excluding carboxylic acids is 2. The summed E-state index contributed by atoms with van der Waals surface area (Å²) in [6, 6.07) is 20.7. The molecule has 0 heterocycles.